The number of allylic oxidation sites excluding steroid dienone is 1. The molecule has 0 N–H and O–H groups in total. The summed E-state index contributed by atoms with van der Waals surface area (Å²) >= 11 is 0. The third-order valence-electron chi connectivity index (χ3n) is 3.21. The third kappa shape index (κ3) is 7.17. The quantitative estimate of drug-likeness (QED) is 0.545. The molecule has 0 heterocycles. The number of hydrogen-bond donors (Lipinski definition) is 0. The van der Waals surface area contributed by atoms with Crippen LogP contribution in [0.2, 0.25) is 0 Å². The molecule has 0 spiro atoms. The average molecular weight is 196 g/mol. The number of hydrogen-bond acceptors (Lipinski definition) is 0. The molecule has 1 aliphatic carbocycles. The molecule has 0 amide bonds. The maximum Gasteiger partial charge on any atom is -0.0356 e. The van der Waals surface area contributed by atoms with E-state index in [0.717, 1.165) is 18.3 Å². The standard InChI is InChI=1S/C9H18.C5H10/c1-3-9-6-4-8(2)5-7-9;1-3-5-4-2/h8-9H,3-7H2,1-2H3;3H,1,4-5H2,2H3. The lowest BCUT2D eigenvalue weighted by Crippen LogP contribution is -2.10. The average Bonchev–Trinajstić information content (AvgIpc) is 2.21. The Bertz CT molecular complexity index is 118. The van der Waals surface area contributed by atoms with Crippen LogP contribution in [0.25, 0.3) is 0 Å². The summed E-state index contributed by atoms with van der Waals surface area (Å²) in [6, 6.07) is 0. The number of rotatable bonds is 3. The highest BCUT2D eigenvalue weighted by molar-refractivity contribution is 4.68. The molecule has 0 aromatic carbocycles. The molecule has 0 aromatic heterocycles. The fourth-order valence-corrected chi connectivity index (χ4v) is 1.94. The van der Waals surface area contributed by atoms with Gasteiger partial charge in [-0.15, -0.1) is 6.58 Å². The van der Waals surface area contributed by atoms with E-state index in [2.05, 4.69) is 27.4 Å². The molecule has 0 bridgehead atoms. The summed E-state index contributed by atoms with van der Waals surface area (Å²) in [7, 11) is 0. The minimum Gasteiger partial charge on any atom is -0.103 e. The van der Waals surface area contributed by atoms with Gasteiger partial charge in [0.1, 0.15) is 0 Å². The first-order chi connectivity index (χ1) is 6.74. The summed E-state index contributed by atoms with van der Waals surface area (Å²) in [4.78, 5) is 0. The van der Waals surface area contributed by atoms with Gasteiger partial charge in [0.25, 0.3) is 0 Å². The van der Waals surface area contributed by atoms with Crippen molar-refractivity contribution in [3.05, 3.63) is 12.7 Å². The fourth-order valence-electron chi connectivity index (χ4n) is 1.94. The highest BCUT2D eigenvalue weighted by Gasteiger charge is 2.15. The van der Waals surface area contributed by atoms with Crippen LogP contribution in [0.3, 0.4) is 0 Å². The Morgan fingerprint density at radius 1 is 1.14 bits per heavy atom. The van der Waals surface area contributed by atoms with Crippen molar-refractivity contribution in [1.29, 1.82) is 0 Å². The van der Waals surface area contributed by atoms with Crippen LogP contribution in [-0.4, -0.2) is 0 Å². The normalized spacial score (nSPS) is 26.2. The van der Waals surface area contributed by atoms with Gasteiger partial charge in [-0.25, -0.2) is 0 Å². The maximum absolute atomic E-state index is 3.55. The first kappa shape index (κ1) is 13.7. The fraction of sp³-hybridized carbons (Fsp3) is 0.857. The Hall–Kier alpha value is -0.260. The van der Waals surface area contributed by atoms with Crippen LogP contribution in [0.5, 0.6) is 0 Å². The van der Waals surface area contributed by atoms with E-state index in [1.54, 1.807) is 0 Å². The van der Waals surface area contributed by atoms with Gasteiger partial charge in [-0.2, -0.15) is 0 Å². The van der Waals surface area contributed by atoms with Gasteiger partial charge in [0.2, 0.25) is 0 Å². The van der Waals surface area contributed by atoms with E-state index < -0.39 is 0 Å². The molecule has 0 aliphatic heterocycles. The van der Waals surface area contributed by atoms with Crippen LogP contribution >= 0.6 is 0 Å². The van der Waals surface area contributed by atoms with Crippen molar-refractivity contribution in [2.75, 3.05) is 0 Å². The van der Waals surface area contributed by atoms with Crippen LogP contribution in [0.4, 0.5) is 0 Å². The molecule has 1 fully saturated rings. The molecule has 0 atom stereocenters. The van der Waals surface area contributed by atoms with Gasteiger partial charge in [0.15, 0.2) is 0 Å². The molecule has 1 saturated carbocycles. The van der Waals surface area contributed by atoms with E-state index in [9.17, 15) is 0 Å². The van der Waals surface area contributed by atoms with Gasteiger partial charge in [-0.3, -0.25) is 0 Å². The van der Waals surface area contributed by atoms with Crippen LogP contribution in [0.15, 0.2) is 12.7 Å². The Balaban J connectivity index is 0.000000292. The lowest BCUT2D eigenvalue weighted by atomic mass is 9.82. The monoisotopic (exact) mass is 196 g/mol. The molecular weight excluding hydrogens is 168 g/mol. The summed E-state index contributed by atoms with van der Waals surface area (Å²) in [5.74, 6) is 2.09. The summed E-state index contributed by atoms with van der Waals surface area (Å²) in [5, 5.41) is 0. The molecule has 1 aliphatic rings. The second kappa shape index (κ2) is 9.30. The molecule has 0 saturated heterocycles. The van der Waals surface area contributed by atoms with Crippen molar-refractivity contribution in [3.8, 4) is 0 Å². The van der Waals surface area contributed by atoms with Crippen LogP contribution in [-0.2, 0) is 0 Å². The molecular formula is C14H28. The third-order valence-corrected chi connectivity index (χ3v) is 3.21. The molecule has 0 heteroatoms. The Morgan fingerprint density at radius 2 is 1.71 bits per heavy atom. The zero-order chi connectivity index (χ0) is 10.8. The van der Waals surface area contributed by atoms with Crippen molar-refractivity contribution in [2.24, 2.45) is 11.8 Å². The molecule has 14 heavy (non-hydrogen) atoms. The predicted molar refractivity (Wildman–Crippen MR) is 66.5 cm³/mol. The number of unbranched alkanes of at least 4 members (excludes halogenated alkanes) is 1. The molecule has 1 rings (SSSR count). The lowest BCUT2D eigenvalue weighted by molar-refractivity contribution is 0.284. The van der Waals surface area contributed by atoms with Crippen molar-refractivity contribution in [2.45, 2.75) is 65.7 Å². The first-order valence-electron chi connectivity index (χ1n) is 6.35. The van der Waals surface area contributed by atoms with Crippen molar-refractivity contribution in [3.63, 3.8) is 0 Å². The van der Waals surface area contributed by atoms with Crippen molar-refractivity contribution >= 4 is 0 Å². The van der Waals surface area contributed by atoms with Gasteiger partial charge in [-0.1, -0.05) is 65.4 Å². The highest BCUT2D eigenvalue weighted by atomic mass is 14.2. The van der Waals surface area contributed by atoms with Crippen molar-refractivity contribution < 1.29 is 0 Å². The van der Waals surface area contributed by atoms with Gasteiger partial charge < -0.3 is 0 Å². The van der Waals surface area contributed by atoms with Crippen molar-refractivity contribution in [1.82, 2.24) is 0 Å². The largest absolute Gasteiger partial charge is 0.103 e. The first-order valence-corrected chi connectivity index (χ1v) is 6.35. The molecule has 0 unspecified atom stereocenters. The smallest absolute Gasteiger partial charge is 0.0356 e. The minimum atomic E-state index is 1.02. The zero-order valence-corrected chi connectivity index (χ0v) is 10.4. The molecule has 0 aromatic rings. The van der Waals surface area contributed by atoms with E-state index >= 15 is 0 Å². The second-order valence-corrected chi connectivity index (χ2v) is 4.61. The summed E-state index contributed by atoms with van der Waals surface area (Å²) in [6.45, 7) is 10.4. The SMILES string of the molecule is C=CCCC.CCC1CCC(C)CC1. The topological polar surface area (TPSA) is 0 Å². The zero-order valence-electron chi connectivity index (χ0n) is 10.4. The lowest BCUT2D eigenvalue weighted by Gasteiger charge is -2.24. The van der Waals surface area contributed by atoms with E-state index in [0.29, 0.717) is 0 Å². The summed E-state index contributed by atoms with van der Waals surface area (Å²) in [6.07, 6.45) is 11.7. The Morgan fingerprint density at radius 3 is 2.00 bits per heavy atom. The van der Waals surface area contributed by atoms with E-state index in [1.807, 2.05) is 6.08 Å². The van der Waals surface area contributed by atoms with Crippen LogP contribution in [0.1, 0.15) is 65.7 Å². The summed E-state index contributed by atoms with van der Waals surface area (Å²) < 4.78 is 0. The highest BCUT2D eigenvalue weighted by Crippen LogP contribution is 2.29. The summed E-state index contributed by atoms with van der Waals surface area (Å²) in [5.41, 5.74) is 0. The Kier molecular flexibility index (Phi) is 9.13. The predicted octanol–water partition coefficient (Wildman–Crippen LogP) is 5.20. The van der Waals surface area contributed by atoms with Crippen LogP contribution in [0, 0.1) is 11.8 Å². The van der Waals surface area contributed by atoms with Gasteiger partial charge >= 0.3 is 0 Å². The van der Waals surface area contributed by atoms with E-state index in [-0.39, 0.29) is 0 Å². The minimum absolute atomic E-state index is 1.02. The molecule has 0 nitrogen and oxygen atoms in total. The van der Waals surface area contributed by atoms with Gasteiger partial charge in [0, 0.05) is 0 Å². The van der Waals surface area contributed by atoms with Gasteiger partial charge in [-0.05, 0) is 18.3 Å². The maximum atomic E-state index is 3.55. The second-order valence-electron chi connectivity index (χ2n) is 4.61. The molecule has 0 radical (unpaired) electrons. The van der Waals surface area contributed by atoms with Gasteiger partial charge in [0.05, 0.1) is 0 Å². The van der Waals surface area contributed by atoms with E-state index in [1.165, 1.54) is 38.5 Å². The van der Waals surface area contributed by atoms with E-state index in [4.69, 9.17) is 0 Å². The van der Waals surface area contributed by atoms with Crippen LogP contribution < -0.4 is 0 Å². The Labute approximate surface area is 90.8 Å². The molecule has 84 valence electrons.